The molecule has 0 saturated carbocycles. The maximum Gasteiger partial charge on any atom is 0.229 e. The van der Waals surface area contributed by atoms with Gasteiger partial charge in [-0.2, -0.15) is 9.97 Å². The van der Waals surface area contributed by atoms with E-state index in [4.69, 9.17) is 18.0 Å². The minimum Gasteiger partial charge on any atom is -0.369 e. The second-order valence-electron chi connectivity index (χ2n) is 4.22. The molecule has 1 aliphatic heterocycles. The van der Waals surface area contributed by atoms with Gasteiger partial charge in [-0.1, -0.05) is 11.8 Å². The molecule has 2 heterocycles. The summed E-state index contributed by atoms with van der Waals surface area (Å²) in [6, 6.07) is 0. The van der Waals surface area contributed by atoms with Gasteiger partial charge in [-0.05, 0) is 18.1 Å². The van der Waals surface area contributed by atoms with E-state index in [2.05, 4.69) is 15.0 Å². The van der Waals surface area contributed by atoms with Crippen LogP contribution in [0.15, 0.2) is 0 Å². The summed E-state index contributed by atoms with van der Waals surface area (Å²) in [5, 5.41) is 0.0524. The number of nitrogen functional groups attached to an aromatic ring is 1. The molecule has 1 aromatic heterocycles. The summed E-state index contributed by atoms with van der Waals surface area (Å²) in [5.41, 5.74) is 5.55. The van der Waals surface area contributed by atoms with E-state index in [0.29, 0.717) is 24.7 Å². The summed E-state index contributed by atoms with van der Waals surface area (Å²) >= 11 is 6.10. The molecule has 1 saturated heterocycles. The van der Waals surface area contributed by atoms with Gasteiger partial charge in [0.05, 0.1) is 0 Å². The third-order valence-corrected chi connectivity index (χ3v) is 3.87. The molecule has 2 rings (SSSR count). The van der Waals surface area contributed by atoms with Crippen LogP contribution in [0.4, 0.5) is 11.9 Å². The minimum absolute atomic E-state index is 0.0524. The van der Waals surface area contributed by atoms with Crippen molar-refractivity contribution in [3.8, 4) is 0 Å². The highest BCUT2D eigenvalue weighted by molar-refractivity contribution is 8.13. The highest BCUT2D eigenvalue weighted by atomic mass is 32.2. The first-order valence-electron chi connectivity index (χ1n) is 5.63. The number of carbonyl (C=O) groups excluding carboxylic acids is 2. The Kier molecular flexibility index (Phi) is 4.15. The molecule has 0 radical (unpaired) electrons. The zero-order valence-electron chi connectivity index (χ0n) is 10.3. The van der Waals surface area contributed by atoms with Crippen LogP contribution in [-0.4, -0.2) is 38.3 Å². The molecular formula is C10H13N5O2S2. The Morgan fingerprint density at radius 1 is 1.63 bits per heavy atom. The molecule has 3 N–H and O–H groups in total. The maximum absolute atomic E-state index is 11.9. The van der Waals surface area contributed by atoms with Crippen molar-refractivity contribution in [2.24, 2.45) is 5.92 Å². The number of nitrogens with zero attached hydrogens (tertiary/aromatic N) is 3. The fourth-order valence-corrected chi connectivity index (χ4v) is 2.73. The number of anilines is 2. The van der Waals surface area contributed by atoms with E-state index in [0.717, 1.165) is 0 Å². The third-order valence-electron chi connectivity index (χ3n) is 2.64. The number of nitrogens with two attached hydrogens (primary N) is 1. The second-order valence-corrected chi connectivity index (χ2v) is 5.78. The van der Waals surface area contributed by atoms with Gasteiger partial charge in [0.1, 0.15) is 0 Å². The summed E-state index contributed by atoms with van der Waals surface area (Å²) in [5.74, 6) is 1.14. The molecule has 1 fully saturated rings. The summed E-state index contributed by atoms with van der Waals surface area (Å²) in [6.07, 6.45) is 0.394. The zero-order valence-corrected chi connectivity index (χ0v) is 11.9. The van der Waals surface area contributed by atoms with Gasteiger partial charge >= 0.3 is 0 Å². The number of thioether (sulfide) groups is 1. The molecule has 1 aromatic rings. The molecule has 9 heteroatoms. The average Bonchev–Trinajstić information content (AvgIpc) is 2.66. The Balaban J connectivity index is 2.11. The van der Waals surface area contributed by atoms with Crippen LogP contribution in [0.5, 0.6) is 0 Å². The lowest BCUT2D eigenvalue weighted by Crippen LogP contribution is -2.27. The quantitative estimate of drug-likeness (QED) is 0.793. The van der Waals surface area contributed by atoms with Crippen molar-refractivity contribution in [3.63, 3.8) is 0 Å². The van der Waals surface area contributed by atoms with E-state index in [9.17, 15) is 9.59 Å². The van der Waals surface area contributed by atoms with E-state index >= 15 is 0 Å². The lowest BCUT2D eigenvalue weighted by molar-refractivity contribution is -0.117. The van der Waals surface area contributed by atoms with Crippen molar-refractivity contribution in [3.05, 3.63) is 4.77 Å². The Labute approximate surface area is 119 Å². The normalized spacial score (nSPS) is 18.9. The Morgan fingerprint density at radius 3 is 3.00 bits per heavy atom. The third kappa shape index (κ3) is 3.51. The predicted octanol–water partition coefficient (Wildman–Crippen LogP) is 0.749. The number of aromatic amines is 1. The average molecular weight is 299 g/mol. The predicted molar refractivity (Wildman–Crippen MR) is 75.2 cm³/mol. The Morgan fingerprint density at radius 2 is 2.37 bits per heavy atom. The molecule has 0 bridgehead atoms. The minimum atomic E-state index is -0.0575. The van der Waals surface area contributed by atoms with Crippen LogP contribution in [-0.2, 0) is 9.59 Å². The van der Waals surface area contributed by atoms with E-state index in [1.165, 1.54) is 23.6 Å². The van der Waals surface area contributed by atoms with Crippen LogP contribution in [0.2, 0.25) is 0 Å². The van der Waals surface area contributed by atoms with Gasteiger partial charge < -0.3 is 5.73 Å². The number of carbonyl (C=O) groups is 2. The Hall–Kier alpha value is -1.48. The first kappa shape index (κ1) is 13.9. The lowest BCUT2D eigenvalue weighted by atomic mass is 10.1. The van der Waals surface area contributed by atoms with Gasteiger partial charge in [0.25, 0.3) is 0 Å². The number of hydrogen-bond donors (Lipinski definition) is 2. The number of rotatable bonds is 3. The van der Waals surface area contributed by atoms with Crippen LogP contribution in [0.25, 0.3) is 0 Å². The van der Waals surface area contributed by atoms with Crippen molar-refractivity contribution >= 4 is 46.9 Å². The summed E-state index contributed by atoms with van der Waals surface area (Å²) in [7, 11) is 0. The van der Waals surface area contributed by atoms with E-state index in [-0.39, 0.29) is 27.7 Å². The summed E-state index contributed by atoms with van der Waals surface area (Å²) in [6.45, 7) is 2.02. The van der Waals surface area contributed by atoms with Crippen LogP contribution >= 0.6 is 24.0 Å². The lowest BCUT2D eigenvalue weighted by Gasteiger charge is -2.15. The Bertz CT molecular complexity index is 573. The smallest absolute Gasteiger partial charge is 0.229 e. The summed E-state index contributed by atoms with van der Waals surface area (Å²) < 4.78 is 0.0978. The van der Waals surface area contributed by atoms with E-state index in [1.54, 1.807) is 0 Å². The molecular weight excluding hydrogens is 286 g/mol. The fraction of sp³-hybridized carbons (Fsp3) is 0.500. The zero-order chi connectivity index (χ0) is 14.0. The van der Waals surface area contributed by atoms with Gasteiger partial charge in [-0.3, -0.25) is 19.5 Å². The molecule has 7 nitrogen and oxygen atoms in total. The van der Waals surface area contributed by atoms with Crippen molar-refractivity contribution in [2.45, 2.75) is 13.3 Å². The highest BCUT2D eigenvalue weighted by Crippen LogP contribution is 2.25. The van der Waals surface area contributed by atoms with Gasteiger partial charge in [0, 0.05) is 25.6 Å². The van der Waals surface area contributed by atoms with Gasteiger partial charge in [0.15, 0.2) is 5.12 Å². The SMILES string of the molecule is CC(=O)SCC1CC(=O)N(c2nc(=S)nc(N)[nH]2)C1. The molecule has 102 valence electrons. The fourth-order valence-electron chi connectivity index (χ4n) is 1.85. The number of H-pyrrole nitrogens is 1. The molecule has 1 unspecified atom stereocenters. The molecule has 1 aliphatic rings. The second kappa shape index (κ2) is 5.66. The maximum atomic E-state index is 11.9. The monoisotopic (exact) mass is 299 g/mol. The molecule has 1 atom stereocenters. The molecule has 19 heavy (non-hydrogen) atoms. The topological polar surface area (TPSA) is 105 Å². The van der Waals surface area contributed by atoms with Crippen LogP contribution in [0.3, 0.4) is 0 Å². The van der Waals surface area contributed by atoms with E-state index in [1.807, 2.05) is 0 Å². The highest BCUT2D eigenvalue weighted by Gasteiger charge is 2.32. The first-order valence-corrected chi connectivity index (χ1v) is 7.02. The number of hydrogen-bond acceptors (Lipinski definition) is 7. The first-order chi connectivity index (χ1) is 8.95. The van der Waals surface area contributed by atoms with Crippen LogP contribution < -0.4 is 10.6 Å². The molecule has 0 aliphatic carbocycles. The number of aromatic nitrogens is 3. The van der Waals surface area contributed by atoms with Crippen LogP contribution in [0.1, 0.15) is 13.3 Å². The van der Waals surface area contributed by atoms with Crippen molar-refractivity contribution in [1.29, 1.82) is 0 Å². The largest absolute Gasteiger partial charge is 0.369 e. The number of amides is 1. The van der Waals surface area contributed by atoms with E-state index < -0.39 is 0 Å². The standard InChI is InChI=1S/C10H13N5O2S2/c1-5(16)19-4-6-2-7(17)15(3-6)9-12-8(11)13-10(18)14-9/h6H,2-4H2,1H3,(H3,11,12,13,14,18). The number of nitrogens with one attached hydrogen (secondary N) is 1. The van der Waals surface area contributed by atoms with Crippen molar-refractivity contribution in [1.82, 2.24) is 15.0 Å². The van der Waals surface area contributed by atoms with Gasteiger partial charge in [-0.25, -0.2) is 0 Å². The molecule has 1 amide bonds. The summed E-state index contributed by atoms with van der Waals surface area (Å²) in [4.78, 5) is 34.8. The van der Waals surface area contributed by atoms with Crippen LogP contribution in [0, 0.1) is 10.7 Å². The van der Waals surface area contributed by atoms with Crippen molar-refractivity contribution < 1.29 is 9.59 Å². The molecule has 0 spiro atoms. The van der Waals surface area contributed by atoms with Gasteiger partial charge in [-0.15, -0.1) is 0 Å². The van der Waals surface area contributed by atoms with Crippen molar-refractivity contribution in [2.75, 3.05) is 22.9 Å². The molecule has 0 aromatic carbocycles. The van der Waals surface area contributed by atoms with Gasteiger partial charge in [0.2, 0.25) is 22.6 Å².